The number of hydrogen-bond donors (Lipinski definition) is 1. The lowest BCUT2D eigenvalue weighted by Gasteiger charge is -2.18. The van der Waals surface area contributed by atoms with Gasteiger partial charge in [-0.05, 0) is 71.4 Å². The number of rotatable bonds is 13. The SMILES string of the molecule is C#Cc1cccc(Oc2c(F)c(F)c(Sc3c(F)c(F)c(Oc4cc5ccc(S(=O)(=O)O)cc5cc4Oc4c(F)c(F)c(Sc5c(F)c(F)c(Oc6cccc(C#C)c6)c(F)c5F)c(F)c4F)c(F)c3F)c(F)c2F)c1. The van der Waals surface area contributed by atoms with Crippen molar-refractivity contribution in [1.29, 1.82) is 0 Å². The van der Waals surface area contributed by atoms with Gasteiger partial charge in [-0.15, -0.1) is 12.8 Å². The Hall–Kier alpha value is -8.17. The maximum atomic E-state index is 15.8. The summed E-state index contributed by atoms with van der Waals surface area (Å²) in [6.07, 6.45) is 10.5. The van der Waals surface area contributed by atoms with E-state index in [9.17, 15) is 13.0 Å². The highest BCUT2D eigenvalue weighted by Gasteiger charge is 2.36. The van der Waals surface area contributed by atoms with Gasteiger partial charge in [-0.2, -0.15) is 43.5 Å². The van der Waals surface area contributed by atoms with E-state index >= 15 is 70.2 Å². The third-order valence-electron chi connectivity index (χ3n) is 10.2. The molecule has 0 heterocycles. The molecule has 0 aliphatic carbocycles. The van der Waals surface area contributed by atoms with Gasteiger partial charge in [-0.1, -0.05) is 53.6 Å². The van der Waals surface area contributed by atoms with Crippen molar-refractivity contribution in [3.8, 4) is 70.7 Å². The predicted molar refractivity (Wildman–Crippen MR) is 236 cm³/mol. The van der Waals surface area contributed by atoms with E-state index in [1.54, 1.807) is 0 Å². The summed E-state index contributed by atoms with van der Waals surface area (Å²) < 4.78 is 301. The summed E-state index contributed by atoms with van der Waals surface area (Å²) in [6, 6.07) is 12.4. The largest absolute Gasteiger partial charge is 0.451 e. The molecule has 0 spiro atoms. The number of ether oxygens (including phenoxy) is 4. The molecule has 0 fully saturated rings. The third-order valence-corrected chi connectivity index (χ3v) is 13.3. The zero-order valence-electron chi connectivity index (χ0n) is 36.3. The first kappa shape index (κ1) is 54.1. The molecule has 26 heteroatoms. The lowest BCUT2D eigenvalue weighted by Crippen LogP contribution is -2.07. The highest BCUT2D eigenvalue weighted by molar-refractivity contribution is 7.99. The Morgan fingerprint density at radius 2 is 0.684 bits per heavy atom. The van der Waals surface area contributed by atoms with Crippen molar-refractivity contribution in [2.24, 2.45) is 0 Å². The lowest BCUT2D eigenvalue weighted by atomic mass is 10.1. The summed E-state index contributed by atoms with van der Waals surface area (Å²) >= 11 is -1.87. The number of benzene rings is 8. The number of fused-ring (bicyclic) bond motifs is 1. The van der Waals surface area contributed by atoms with Crippen LogP contribution >= 0.6 is 23.5 Å². The van der Waals surface area contributed by atoms with Gasteiger partial charge in [-0.3, -0.25) is 4.55 Å². The third kappa shape index (κ3) is 9.94. The molecule has 0 unspecified atom stereocenters. The number of halogens is 16. The molecule has 0 saturated heterocycles. The van der Waals surface area contributed by atoms with Crippen molar-refractivity contribution in [1.82, 2.24) is 0 Å². The molecular formula is C50H16F16O7S3. The molecule has 8 rings (SSSR count). The van der Waals surface area contributed by atoms with Gasteiger partial charge in [0.15, 0.2) is 58.0 Å². The van der Waals surface area contributed by atoms with E-state index in [2.05, 4.69) is 11.8 Å². The second kappa shape index (κ2) is 20.9. The maximum absolute atomic E-state index is 15.8. The lowest BCUT2D eigenvalue weighted by molar-refractivity contribution is 0.326. The maximum Gasteiger partial charge on any atom is 0.294 e. The minimum absolute atomic E-state index is 0.0786. The Bertz CT molecular complexity index is 3880. The first-order chi connectivity index (χ1) is 35.9. The molecule has 0 radical (unpaired) electrons. The van der Waals surface area contributed by atoms with Gasteiger partial charge in [0.25, 0.3) is 10.1 Å². The average Bonchev–Trinajstić information content (AvgIpc) is 3.42. The predicted octanol–water partition coefficient (Wildman–Crippen LogP) is 15.7. The van der Waals surface area contributed by atoms with E-state index in [-0.39, 0.29) is 16.5 Å². The van der Waals surface area contributed by atoms with Crippen LogP contribution in [0.3, 0.4) is 0 Å². The second-order valence-corrected chi connectivity index (χ2v) is 18.4. The molecule has 0 aliphatic heterocycles. The van der Waals surface area contributed by atoms with E-state index in [4.69, 9.17) is 31.8 Å². The van der Waals surface area contributed by atoms with Crippen molar-refractivity contribution < 1.29 is 102 Å². The molecule has 0 bridgehead atoms. The van der Waals surface area contributed by atoms with Crippen LogP contribution in [0.2, 0.25) is 0 Å². The zero-order chi connectivity index (χ0) is 55.4. The fraction of sp³-hybridized carbons (Fsp3) is 0. The molecule has 1 N–H and O–H groups in total. The number of hydrogen-bond acceptors (Lipinski definition) is 8. The summed E-state index contributed by atoms with van der Waals surface area (Å²) in [7, 11) is -5.08. The van der Waals surface area contributed by atoms with Crippen molar-refractivity contribution in [2.45, 2.75) is 24.5 Å². The molecule has 0 saturated carbocycles. The topological polar surface area (TPSA) is 91.3 Å². The molecule has 0 aromatic heterocycles. The molecule has 388 valence electrons. The van der Waals surface area contributed by atoms with Gasteiger partial charge in [0.05, 0.1) is 24.5 Å². The van der Waals surface area contributed by atoms with Crippen LogP contribution in [0, 0.1) is 118 Å². The summed E-state index contributed by atoms with van der Waals surface area (Å²) in [4.78, 5) is -8.82. The molecule has 0 amide bonds. The summed E-state index contributed by atoms with van der Waals surface area (Å²) in [5.74, 6) is -47.0. The number of terminal acetylenes is 2. The normalized spacial score (nSPS) is 11.4. The minimum Gasteiger partial charge on any atom is -0.451 e. The molecule has 8 aromatic rings. The Labute approximate surface area is 423 Å². The van der Waals surface area contributed by atoms with Crippen molar-refractivity contribution in [2.75, 3.05) is 0 Å². The quantitative estimate of drug-likeness (QED) is 0.0525. The van der Waals surface area contributed by atoms with Gasteiger partial charge in [0, 0.05) is 11.1 Å². The van der Waals surface area contributed by atoms with E-state index in [0.717, 1.165) is 30.3 Å². The average molecular weight is 1130 g/mol. The van der Waals surface area contributed by atoms with Crippen LogP contribution in [0.25, 0.3) is 10.8 Å². The highest BCUT2D eigenvalue weighted by Crippen LogP contribution is 2.49. The van der Waals surface area contributed by atoms with Crippen LogP contribution in [-0.4, -0.2) is 13.0 Å². The highest BCUT2D eigenvalue weighted by atomic mass is 32.2. The Kier molecular flexibility index (Phi) is 14.8. The van der Waals surface area contributed by atoms with Crippen LogP contribution in [0.15, 0.2) is 103 Å². The van der Waals surface area contributed by atoms with Gasteiger partial charge in [0.2, 0.25) is 69.5 Å². The standard InChI is InChI=1S/C50H16F16O7S3/c1-3-18-7-5-9-22(13-18)70-43-27(51)35(59)47(36(60)28(43)52)74-49-39(63)31(55)45(32(56)40(49)64)72-25-16-20-11-12-24(76(67,68)69)15-21(20)17-26(25)73-46-33(57)41(65)50(42(66)34(46)58)75-48-37(61)29(53)44(30(54)38(48)62)71-23-10-6-8-19(4-2)14-23/h1-2,5-17H,(H,67,68,69). The molecule has 7 nitrogen and oxygen atoms in total. The minimum atomic E-state index is -5.08. The molecular weight excluding hydrogens is 1110 g/mol. The molecule has 0 aliphatic rings. The fourth-order valence-corrected chi connectivity index (χ4v) is 8.95. The van der Waals surface area contributed by atoms with Crippen molar-refractivity contribution >= 4 is 44.4 Å². The van der Waals surface area contributed by atoms with Crippen molar-refractivity contribution in [3.05, 3.63) is 183 Å². The van der Waals surface area contributed by atoms with Gasteiger partial charge < -0.3 is 18.9 Å². The van der Waals surface area contributed by atoms with Crippen LogP contribution < -0.4 is 18.9 Å². The first-order valence-corrected chi connectivity index (χ1v) is 23.1. The molecule has 8 aromatic carbocycles. The van der Waals surface area contributed by atoms with Crippen LogP contribution in [0.1, 0.15) is 11.1 Å². The first-order valence-electron chi connectivity index (χ1n) is 20.1. The van der Waals surface area contributed by atoms with Crippen LogP contribution in [0.4, 0.5) is 70.2 Å². The van der Waals surface area contributed by atoms with Gasteiger partial charge >= 0.3 is 0 Å². The Morgan fingerprint density at radius 1 is 0.382 bits per heavy atom. The van der Waals surface area contributed by atoms with E-state index in [1.165, 1.54) is 24.3 Å². The fourth-order valence-electron chi connectivity index (χ4n) is 6.59. The molecule has 0 atom stereocenters. The second-order valence-electron chi connectivity index (χ2n) is 14.9. The van der Waals surface area contributed by atoms with E-state index < -0.39 is 203 Å². The van der Waals surface area contributed by atoms with Gasteiger partial charge in [0.1, 0.15) is 11.5 Å². The van der Waals surface area contributed by atoms with E-state index in [1.807, 2.05) is 0 Å². The monoisotopic (exact) mass is 1130 g/mol. The van der Waals surface area contributed by atoms with E-state index in [0.29, 0.717) is 24.3 Å². The van der Waals surface area contributed by atoms with Gasteiger partial charge in [-0.25, -0.2) is 35.1 Å². The summed E-state index contributed by atoms with van der Waals surface area (Å²) in [5, 5.41) is -0.843. The summed E-state index contributed by atoms with van der Waals surface area (Å²) in [5.41, 5.74) is 0.160. The van der Waals surface area contributed by atoms with Crippen LogP contribution in [-0.2, 0) is 10.1 Å². The van der Waals surface area contributed by atoms with Crippen LogP contribution in [0.5, 0.6) is 46.0 Å². The van der Waals surface area contributed by atoms with Crippen molar-refractivity contribution in [3.63, 3.8) is 0 Å². The molecule has 76 heavy (non-hydrogen) atoms. The Balaban J connectivity index is 1.17. The summed E-state index contributed by atoms with van der Waals surface area (Å²) in [6.45, 7) is 0. The zero-order valence-corrected chi connectivity index (χ0v) is 38.8. The Morgan fingerprint density at radius 3 is 0.987 bits per heavy atom. The smallest absolute Gasteiger partial charge is 0.294 e.